The number of anilines is 1. The van der Waals surface area contributed by atoms with Crippen LogP contribution in [-0.4, -0.2) is 36.5 Å². The summed E-state index contributed by atoms with van der Waals surface area (Å²) in [6.07, 6.45) is 1.02. The summed E-state index contributed by atoms with van der Waals surface area (Å²) in [5.41, 5.74) is 3.74. The highest BCUT2D eigenvalue weighted by Crippen LogP contribution is 2.42. The third kappa shape index (κ3) is 4.67. The third-order valence-corrected chi connectivity index (χ3v) is 6.92. The standard InChI is InChI=1S/C31H23F3N4O3/c1-4-38(3)25-14-26-23(27(29(39)35-2)28(40-26)16-5-7-19(32)8-6-16)13-22(25)17-9-18(11-20(33)10-17)30-37-24-12-21(34)15-36-31(24)41-30/h5-15H,4H2,1-3H3,(H,35,39). The molecule has 0 saturated heterocycles. The summed E-state index contributed by atoms with van der Waals surface area (Å²) >= 11 is 0. The fourth-order valence-corrected chi connectivity index (χ4v) is 4.80. The van der Waals surface area contributed by atoms with Crippen LogP contribution in [0.4, 0.5) is 18.9 Å². The van der Waals surface area contributed by atoms with Crippen LogP contribution in [0.3, 0.4) is 0 Å². The van der Waals surface area contributed by atoms with E-state index in [2.05, 4.69) is 15.3 Å². The molecule has 3 heterocycles. The van der Waals surface area contributed by atoms with Crippen molar-refractivity contribution in [1.29, 1.82) is 0 Å². The van der Waals surface area contributed by atoms with Gasteiger partial charge in [-0.3, -0.25) is 4.79 Å². The van der Waals surface area contributed by atoms with Crippen LogP contribution in [0, 0.1) is 17.5 Å². The average Bonchev–Trinajstić information content (AvgIpc) is 3.57. The summed E-state index contributed by atoms with van der Waals surface area (Å²) in [6.45, 7) is 2.59. The highest BCUT2D eigenvalue weighted by Gasteiger charge is 2.25. The lowest BCUT2D eigenvalue weighted by atomic mass is 9.96. The molecule has 6 aromatic rings. The van der Waals surface area contributed by atoms with E-state index in [0.717, 1.165) is 11.9 Å². The summed E-state index contributed by atoms with van der Waals surface area (Å²) in [5, 5.41) is 3.15. The van der Waals surface area contributed by atoms with Crippen LogP contribution < -0.4 is 10.2 Å². The fraction of sp³-hybridized carbons (Fsp3) is 0.129. The monoisotopic (exact) mass is 556 g/mol. The molecule has 7 nitrogen and oxygen atoms in total. The van der Waals surface area contributed by atoms with E-state index >= 15 is 4.39 Å². The first-order valence-electron chi connectivity index (χ1n) is 12.8. The van der Waals surface area contributed by atoms with Crippen molar-refractivity contribution in [1.82, 2.24) is 15.3 Å². The number of aromatic nitrogens is 2. The molecule has 1 amide bonds. The van der Waals surface area contributed by atoms with Crippen molar-refractivity contribution in [3.8, 4) is 33.9 Å². The van der Waals surface area contributed by atoms with Crippen molar-refractivity contribution in [2.75, 3.05) is 25.5 Å². The number of furan rings is 1. The van der Waals surface area contributed by atoms with Crippen LogP contribution in [0.15, 0.2) is 75.7 Å². The number of amides is 1. The van der Waals surface area contributed by atoms with Gasteiger partial charge in [0, 0.05) is 60.5 Å². The quantitative estimate of drug-likeness (QED) is 0.234. The van der Waals surface area contributed by atoms with Gasteiger partial charge in [0.1, 0.15) is 34.3 Å². The maximum absolute atomic E-state index is 15.1. The van der Waals surface area contributed by atoms with Gasteiger partial charge in [-0.2, -0.15) is 0 Å². The zero-order chi connectivity index (χ0) is 28.8. The van der Waals surface area contributed by atoms with Crippen molar-refractivity contribution >= 4 is 33.8 Å². The molecule has 6 rings (SSSR count). The Morgan fingerprint density at radius 1 is 0.902 bits per heavy atom. The molecule has 3 aromatic carbocycles. The van der Waals surface area contributed by atoms with E-state index < -0.39 is 23.4 Å². The molecular weight excluding hydrogens is 533 g/mol. The lowest BCUT2D eigenvalue weighted by molar-refractivity contribution is 0.0964. The van der Waals surface area contributed by atoms with Crippen LogP contribution in [0.25, 0.3) is 56.1 Å². The SMILES string of the molecule is CCN(C)c1cc2oc(-c3ccc(F)cc3)c(C(=O)NC)c2cc1-c1cc(F)cc(-c2nc3cc(F)cnc3o2)c1. The molecule has 0 radical (unpaired) electrons. The van der Waals surface area contributed by atoms with Gasteiger partial charge in [-0.05, 0) is 61.0 Å². The Labute approximate surface area is 232 Å². The second-order valence-corrected chi connectivity index (χ2v) is 9.50. The smallest absolute Gasteiger partial charge is 0.255 e. The highest BCUT2D eigenvalue weighted by molar-refractivity contribution is 6.13. The van der Waals surface area contributed by atoms with E-state index in [1.165, 1.54) is 37.4 Å². The number of carbonyl (C=O) groups excluding carboxylic acids is 1. The maximum Gasteiger partial charge on any atom is 0.255 e. The van der Waals surface area contributed by atoms with Crippen LogP contribution in [-0.2, 0) is 0 Å². The van der Waals surface area contributed by atoms with Crippen molar-refractivity contribution in [2.24, 2.45) is 0 Å². The molecule has 0 aliphatic carbocycles. The van der Waals surface area contributed by atoms with Gasteiger partial charge in [0.05, 0.1) is 11.8 Å². The van der Waals surface area contributed by atoms with Crippen LogP contribution in [0.2, 0.25) is 0 Å². The van der Waals surface area contributed by atoms with Gasteiger partial charge in [-0.1, -0.05) is 0 Å². The molecule has 0 bridgehead atoms. The molecule has 0 saturated carbocycles. The predicted octanol–water partition coefficient (Wildman–Crippen LogP) is 7.20. The Kier molecular flexibility index (Phi) is 6.45. The predicted molar refractivity (Wildman–Crippen MR) is 150 cm³/mol. The second-order valence-electron chi connectivity index (χ2n) is 9.50. The van der Waals surface area contributed by atoms with Crippen LogP contribution >= 0.6 is 0 Å². The Bertz CT molecular complexity index is 1950. The number of nitrogens with one attached hydrogen (secondary N) is 1. The minimum Gasteiger partial charge on any atom is -0.455 e. The molecule has 0 atom stereocenters. The second kappa shape index (κ2) is 10.1. The van der Waals surface area contributed by atoms with Gasteiger partial charge in [0.25, 0.3) is 5.91 Å². The van der Waals surface area contributed by atoms with Crippen molar-refractivity contribution in [3.05, 3.63) is 89.9 Å². The van der Waals surface area contributed by atoms with Crippen molar-refractivity contribution in [3.63, 3.8) is 0 Å². The molecule has 3 aromatic heterocycles. The molecule has 0 aliphatic rings. The maximum atomic E-state index is 15.1. The number of rotatable bonds is 6. The van der Waals surface area contributed by atoms with E-state index in [1.807, 2.05) is 18.9 Å². The molecule has 0 spiro atoms. The first-order valence-corrected chi connectivity index (χ1v) is 12.8. The van der Waals surface area contributed by atoms with Gasteiger partial charge in [-0.25, -0.2) is 23.1 Å². The Morgan fingerprint density at radius 2 is 1.66 bits per heavy atom. The number of carbonyl (C=O) groups is 1. The molecule has 0 unspecified atom stereocenters. The molecule has 10 heteroatoms. The van der Waals surface area contributed by atoms with E-state index in [0.29, 0.717) is 39.8 Å². The molecule has 206 valence electrons. The number of hydrogen-bond donors (Lipinski definition) is 1. The molecular formula is C31H23F3N4O3. The van der Waals surface area contributed by atoms with Gasteiger partial charge >= 0.3 is 0 Å². The number of nitrogens with zero attached hydrogens (tertiary/aromatic N) is 3. The summed E-state index contributed by atoms with van der Waals surface area (Å²) in [4.78, 5) is 23.3. The number of fused-ring (bicyclic) bond motifs is 2. The van der Waals surface area contributed by atoms with Gasteiger partial charge < -0.3 is 19.1 Å². The Morgan fingerprint density at radius 3 is 2.39 bits per heavy atom. The Balaban J connectivity index is 1.58. The van der Waals surface area contributed by atoms with E-state index in [9.17, 15) is 13.6 Å². The minimum atomic E-state index is -0.565. The number of oxazole rings is 1. The fourth-order valence-electron chi connectivity index (χ4n) is 4.80. The largest absolute Gasteiger partial charge is 0.455 e. The molecule has 1 N–H and O–H groups in total. The number of hydrogen-bond acceptors (Lipinski definition) is 6. The van der Waals surface area contributed by atoms with Gasteiger partial charge in [0.2, 0.25) is 11.6 Å². The van der Waals surface area contributed by atoms with Gasteiger partial charge in [-0.15, -0.1) is 0 Å². The van der Waals surface area contributed by atoms with Crippen molar-refractivity contribution in [2.45, 2.75) is 6.92 Å². The van der Waals surface area contributed by atoms with Crippen molar-refractivity contribution < 1.29 is 26.8 Å². The third-order valence-electron chi connectivity index (χ3n) is 6.92. The average molecular weight is 557 g/mol. The lowest BCUT2D eigenvalue weighted by Gasteiger charge is -2.21. The normalized spacial score (nSPS) is 11.4. The molecule has 41 heavy (non-hydrogen) atoms. The minimum absolute atomic E-state index is 0.0817. The topological polar surface area (TPSA) is 84.4 Å². The highest BCUT2D eigenvalue weighted by atomic mass is 19.1. The number of pyridine rings is 1. The van der Waals surface area contributed by atoms with Crippen LogP contribution in [0.1, 0.15) is 17.3 Å². The lowest BCUT2D eigenvalue weighted by Crippen LogP contribution is -2.18. The number of halogens is 3. The molecule has 0 aliphatic heterocycles. The molecule has 0 fully saturated rings. The van der Waals surface area contributed by atoms with E-state index in [-0.39, 0.29) is 28.4 Å². The summed E-state index contributed by atoms with van der Waals surface area (Å²) < 4.78 is 54.3. The number of benzene rings is 3. The zero-order valence-electron chi connectivity index (χ0n) is 22.3. The summed E-state index contributed by atoms with van der Waals surface area (Å²) in [7, 11) is 3.39. The van der Waals surface area contributed by atoms with Crippen LogP contribution in [0.5, 0.6) is 0 Å². The first kappa shape index (κ1) is 26.1. The van der Waals surface area contributed by atoms with E-state index in [1.54, 1.807) is 30.3 Å². The summed E-state index contributed by atoms with van der Waals surface area (Å²) in [5.74, 6) is -1.55. The first-order chi connectivity index (χ1) is 19.7. The van der Waals surface area contributed by atoms with Gasteiger partial charge in [0.15, 0.2) is 0 Å². The zero-order valence-corrected chi connectivity index (χ0v) is 22.3. The van der Waals surface area contributed by atoms with E-state index in [4.69, 9.17) is 8.83 Å². The summed E-state index contributed by atoms with van der Waals surface area (Å²) in [6, 6.07) is 14.8. The Hall–Kier alpha value is -5.12.